The number of hydrogen-bond acceptors (Lipinski definition) is 6. The number of hydrogen-bond donors (Lipinski definition) is 1. The molecule has 4 aromatic rings. The summed E-state index contributed by atoms with van der Waals surface area (Å²) in [5.41, 5.74) is 1.11. The molecule has 0 saturated carbocycles. The van der Waals surface area contributed by atoms with E-state index in [0.29, 0.717) is 11.0 Å². The molecule has 6 heteroatoms. The summed E-state index contributed by atoms with van der Waals surface area (Å²) < 4.78 is 5.41. The van der Waals surface area contributed by atoms with Crippen LogP contribution in [0, 0.1) is 0 Å². The van der Waals surface area contributed by atoms with Crippen LogP contribution in [0.15, 0.2) is 63.5 Å². The third kappa shape index (κ3) is 2.60. The summed E-state index contributed by atoms with van der Waals surface area (Å²) in [6.07, 6.45) is 3.12. The second-order valence-electron chi connectivity index (χ2n) is 4.81. The predicted molar refractivity (Wildman–Crippen MR) is 90.5 cm³/mol. The molecule has 0 unspecified atom stereocenters. The molecule has 2 aromatic carbocycles. The van der Waals surface area contributed by atoms with E-state index in [4.69, 9.17) is 4.42 Å². The van der Waals surface area contributed by atoms with E-state index in [1.807, 2.05) is 47.8 Å². The predicted octanol–water partition coefficient (Wildman–Crippen LogP) is 4.41. The maximum absolute atomic E-state index is 9.96. The van der Waals surface area contributed by atoms with Crippen LogP contribution in [-0.4, -0.2) is 21.3 Å². The van der Waals surface area contributed by atoms with Gasteiger partial charge in [-0.3, -0.25) is 0 Å². The Morgan fingerprint density at radius 3 is 2.87 bits per heavy atom. The van der Waals surface area contributed by atoms with E-state index in [-0.39, 0.29) is 11.6 Å². The first-order valence-corrected chi connectivity index (χ1v) is 7.81. The molecule has 112 valence electrons. The zero-order valence-corrected chi connectivity index (χ0v) is 12.7. The quantitative estimate of drug-likeness (QED) is 0.567. The van der Waals surface area contributed by atoms with Crippen molar-refractivity contribution in [2.45, 2.75) is 0 Å². The van der Waals surface area contributed by atoms with Crippen molar-refractivity contribution in [2.75, 3.05) is 0 Å². The van der Waals surface area contributed by atoms with Gasteiger partial charge in [0.15, 0.2) is 5.69 Å². The summed E-state index contributed by atoms with van der Waals surface area (Å²) in [5.74, 6) is 0.105. The highest BCUT2D eigenvalue weighted by Gasteiger charge is 2.14. The van der Waals surface area contributed by atoms with Gasteiger partial charge in [-0.25, -0.2) is 15.0 Å². The lowest BCUT2D eigenvalue weighted by atomic mass is 10.0. The number of rotatable bonds is 3. The Morgan fingerprint density at radius 1 is 1.13 bits per heavy atom. The van der Waals surface area contributed by atoms with E-state index in [1.54, 1.807) is 6.20 Å². The molecule has 0 amide bonds. The molecule has 0 atom stereocenters. The van der Waals surface area contributed by atoms with Gasteiger partial charge in [-0.2, -0.15) is 0 Å². The molecule has 2 aromatic heterocycles. The topological polar surface area (TPSA) is 71.5 Å². The van der Waals surface area contributed by atoms with Crippen LogP contribution in [0.25, 0.3) is 22.2 Å². The largest absolute Gasteiger partial charge is 0.479 e. The number of aromatic nitrogens is 2. The number of thiazole rings is 1. The Morgan fingerprint density at radius 2 is 2.00 bits per heavy atom. The van der Waals surface area contributed by atoms with Gasteiger partial charge in [-0.15, -0.1) is 11.3 Å². The van der Waals surface area contributed by atoms with Gasteiger partial charge in [0.05, 0.1) is 6.21 Å². The zero-order valence-electron chi connectivity index (χ0n) is 11.9. The normalized spacial score (nSPS) is 11.5. The molecule has 23 heavy (non-hydrogen) atoms. The molecule has 2 heterocycles. The average molecular weight is 321 g/mol. The van der Waals surface area contributed by atoms with Crippen LogP contribution in [0.3, 0.4) is 0 Å². The minimum atomic E-state index is -0.256. The number of benzene rings is 2. The highest BCUT2D eigenvalue weighted by molar-refractivity contribution is 7.13. The van der Waals surface area contributed by atoms with Crippen LogP contribution in [0.4, 0.5) is 5.13 Å². The van der Waals surface area contributed by atoms with Crippen molar-refractivity contribution >= 4 is 33.5 Å². The molecule has 5 nitrogen and oxygen atoms in total. The summed E-state index contributed by atoms with van der Waals surface area (Å²) in [5, 5.41) is 14.5. The Balaban J connectivity index is 1.77. The van der Waals surface area contributed by atoms with Crippen LogP contribution in [-0.2, 0) is 0 Å². The van der Waals surface area contributed by atoms with Gasteiger partial charge >= 0.3 is 5.95 Å². The monoisotopic (exact) mass is 321 g/mol. The molecule has 0 radical (unpaired) electrons. The molecule has 0 saturated heterocycles. The number of oxazole rings is 1. The minimum absolute atomic E-state index is 0.256. The highest BCUT2D eigenvalue weighted by Crippen LogP contribution is 2.31. The van der Waals surface area contributed by atoms with Crippen LogP contribution in [0.5, 0.6) is 5.95 Å². The molecular weight excluding hydrogens is 310 g/mol. The average Bonchev–Trinajstić information content (AvgIpc) is 3.22. The van der Waals surface area contributed by atoms with E-state index < -0.39 is 0 Å². The van der Waals surface area contributed by atoms with E-state index in [2.05, 4.69) is 15.0 Å². The summed E-state index contributed by atoms with van der Waals surface area (Å²) in [6, 6.07) is 13.8. The number of aromatic hydroxyl groups is 1. The third-order valence-electron chi connectivity index (χ3n) is 3.37. The van der Waals surface area contributed by atoms with Crippen LogP contribution >= 0.6 is 11.3 Å². The lowest BCUT2D eigenvalue weighted by Gasteiger charge is -2.01. The van der Waals surface area contributed by atoms with Crippen molar-refractivity contribution in [3.63, 3.8) is 0 Å². The Hall–Kier alpha value is -2.99. The Kier molecular flexibility index (Phi) is 3.36. The van der Waals surface area contributed by atoms with Crippen molar-refractivity contribution in [1.29, 1.82) is 0 Å². The maximum Gasteiger partial charge on any atom is 0.312 e. The fourth-order valence-electron chi connectivity index (χ4n) is 2.33. The zero-order chi connectivity index (χ0) is 15.6. The fourth-order valence-corrected chi connectivity index (χ4v) is 2.81. The van der Waals surface area contributed by atoms with E-state index in [1.165, 1.54) is 17.6 Å². The van der Waals surface area contributed by atoms with E-state index >= 15 is 0 Å². The van der Waals surface area contributed by atoms with Crippen LogP contribution < -0.4 is 0 Å². The molecule has 0 aliphatic heterocycles. The van der Waals surface area contributed by atoms with Crippen molar-refractivity contribution in [2.24, 2.45) is 4.99 Å². The number of nitrogens with zero attached hydrogens (tertiary/aromatic N) is 3. The van der Waals surface area contributed by atoms with Gasteiger partial charge in [-0.1, -0.05) is 36.4 Å². The van der Waals surface area contributed by atoms with Gasteiger partial charge in [-0.05, 0) is 16.8 Å². The number of fused-ring (bicyclic) bond motifs is 1. The van der Waals surface area contributed by atoms with Gasteiger partial charge in [0.1, 0.15) is 0 Å². The first-order chi connectivity index (χ1) is 11.3. The lowest BCUT2D eigenvalue weighted by Crippen LogP contribution is -1.84. The van der Waals surface area contributed by atoms with Crippen LogP contribution in [0.1, 0.15) is 5.69 Å². The van der Waals surface area contributed by atoms with Crippen LogP contribution in [0.2, 0.25) is 0 Å². The molecule has 0 aliphatic rings. The molecule has 0 aliphatic carbocycles. The number of aliphatic imine (C=N–C) groups is 1. The van der Waals surface area contributed by atoms with Gasteiger partial charge < -0.3 is 9.52 Å². The molecule has 0 spiro atoms. The summed E-state index contributed by atoms with van der Waals surface area (Å²) in [6.45, 7) is 0. The molecule has 1 N–H and O–H groups in total. The second-order valence-corrected chi connectivity index (χ2v) is 5.68. The van der Waals surface area contributed by atoms with Gasteiger partial charge in [0.25, 0.3) is 0 Å². The molecule has 0 fully saturated rings. The van der Waals surface area contributed by atoms with Crippen molar-refractivity contribution in [3.8, 4) is 17.4 Å². The fraction of sp³-hybridized carbons (Fsp3) is 0. The van der Waals surface area contributed by atoms with E-state index in [9.17, 15) is 5.11 Å². The van der Waals surface area contributed by atoms with Gasteiger partial charge in [0, 0.05) is 17.1 Å². The summed E-state index contributed by atoms with van der Waals surface area (Å²) in [4.78, 5) is 12.6. The van der Waals surface area contributed by atoms with Gasteiger partial charge in [0.2, 0.25) is 11.0 Å². The van der Waals surface area contributed by atoms with Crippen molar-refractivity contribution < 1.29 is 9.52 Å². The molecule has 0 bridgehead atoms. The second kappa shape index (κ2) is 5.66. The Labute approximate surface area is 135 Å². The lowest BCUT2D eigenvalue weighted by molar-refractivity contribution is 0.337. The summed E-state index contributed by atoms with van der Waals surface area (Å²) >= 11 is 1.40. The maximum atomic E-state index is 9.96. The smallest absolute Gasteiger partial charge is 0.312 e. The molecule has 4 rings (SSSR count). The Bertz CT molecular complexity index is 985. The SMILES string of the molecule is Oc1oc(-c2cccc3ccccc23)nc1C=Nc1nccs1. The van der Waals surface area contributed by atoms with Crippen molar-refractivity contribution in [1.82, 2.24) is 9.97 Å². The minimum Gasteiger partial charge on any atom is -0.479 e. The third-order valence-corrected chi connectivity index (χ3v) is 4.05. The summed E-state index contributed by atoms with van der Waals surface area (Å²) in [7, 11) is 0. The van der Waals surface area contributed by atoms with Crippen molar-refractivity contribution in [3.05, 3.63) is 59.7 Å². The highest BCUT2D eigenvalue weighted by atomic mass is 32.1. The van der Waals surface area contributed by atoms with E-state index in [0.717, 1.165) is 16.3 Å². The molecular formula is C17H11N3O2S. The first kappa shape index (κ1) is 13.7. The first-order valence-electron chi connectivity index (χ1n) is 6.93. The standard InChI is InChI=1S/C17H11N3O2S/c21-16-14(10-19-17-18-8-9-23-17)20-15(22-16)13-7-3-5-11-4-1-2-6-12(11)13/h1-10,21H.